The smallest absolute Gasteiger partial charge is 0.324 e. The van der Waals surface area contributed by atoms with Gasteiger partial charge in [0.05, 0.1) is 23.1 Å². The zero-order chi connectivity index (χ0) is 30.1. The number of nitro benzene ring substituents is 2. The number of alkyl halides is 2. The number of benzene rings is 2. The Morgan fingerprint density at radius 1 is 0.610 bits per heavy atom. The topological polar surface area (TPSA) is 139 Å². The van der Waals surface area contributed by atoms with Crippen molar-refractivity contribution in [1.29, 1.82) is 0 Å². The Bertz CT molecular complexity index is 1040. The summed E-state index contributed by atoms with van der Waals surface area (Å²) < 4.78 is 11.3. The molecule has 41 heavy (non-hydrogen) atoms. The Morgan fingerprint density at radius 3 is 1.27 bits per heavy atom. The Morgan fingerprint density at radius 2 is 0.951 bits per heavy atom. The van der Waals surface area contributed by atoms with Gasteiger partial charge in [-0.25, -0.2) is 0 Å². The lowest BCUT2D eigenvalue weighted by molar-refractivity contribution is -0.385. The molecule has 0 aliphatic rings. The summed E-state index contributed by atoms with van der Waals surface area (Å²) in [7, 11) is 0. The molecule has 0 bridgehead atoms. The molecule has 0 heterocycles. The van der Waals surface area contributed by atoms with E-state index in [4.69, 9.17) is 32.7 Å². The molecule has 2 rings (SSSR count). The van der Waals surface area contributed by atoms with Crippen molar-refractivity contribution in [2.75, 3.05) is 25.0 Å². The van der Waals surface area contributed by atoms with Gasteiger partial charge in [-0.3, -0.25) is 29.8 Å². The zero-order valence-corrected chi connectivity index (χ0v) is 24.4. The van der Waals surface area contributed by atoms with Crippen molar-refractivity contribution in [2.24, 2.45) is 5.41 Å². The quantitative estimate of drug-likeness (QED) is 0.0391. The van der Waals surface area contributed by atoms with Gasteiger partial charge in [-0.05, 0) is 49.7 Å². The average Bonchev–Trinajstić information content (AvgIpc) is 2.96. The summed E-state index contributed by atoms with van der Waals surface area (Å²) in [6.45, 7) is 0.185. The first kappa shape index (κ1) is 34.0. The standard InChI is InChI=1S/C29H36Cl2N2O8/c30-17-5-1-3-7-19-40-27(34)29(28(35)41-20-8-4-2-6-18-31,21-23-9-13-25(14-10-23)32(36)37)22-24-11-15-26(16-12-24)33(38)39/h9-16H,1-8,17-22H2. The molecule has 0 amide bonds. The van der Waals surface area contributed by atoms with E-state index < -0.39 is 27.2 Å². The predicted molar refractivity (Wildman–Crippen MR) is 156 cm³/mol. The fraction of sp³-hybridized carbons (Fsp3) is 0.517. The van der Waals surface area contributed by atoms with Gasteiger partial charge >= 0.3 is 11.9 Å². The number of non-ortho nitro benzene ring substituents is 2. The molecule has 0 unspecified atom stereocenters. The van der Waals surface area contributed by atoms with Crippen LogP contribution in [0.1, 0.15) is 62.5 Å². The van der Waals surface area contributed by atoms with Gasteiger partial charge in [0.15, 0.2) is 5.41 Å². The summed E-state index contributed by atoms with van der Waals surface area (Å²) in [5.41, 5.74) is -1.09. The number of carbonyl (C=O) groups excluding carboxylic acids is 2. The number of nitrogens with zero attached hydrogens (tertiary/aromatic N) is 2. The van der Waals surface area contributed by atoms with Crippen molar-refractivity contribution >= 4 is 46.5 Å². The van der Waals surface area contributed by atoms with E-state index in [9.17, 15) is 29.8 Å². The van der Waals surface area contributed by atoms with E-state index in [0.29, 0.717) is 35.7 Å². The number of unbranched alkanes of at least 4 members (excludes halogenated alkanes) is 6. The molecule has 10 nitrogen and oxygen atoms in total. The molecule has 0 radical (unpaired) electrons. The Labute approximate surface area is 249 Å². The lowest BCUT2D eigenvalue weighted by Gasteiger charge is -2.30. The second-order valence-electron chi connectivity index (χ2n) is 9.76. The molecule has 0 saturated heterocycles. The molecule has 0 spiro atoms. The van der Waals surface area contributed by atoms with Gasteiger partial charge in [0.25, 0.3) is 11.4 Å². The number of halogens is 2. The normalized spacial score (nSPS) is 11.2. The van der Waals surface area contributed by atoms with Gasteiger partial charge in [-0.15, -0.1) is 23.2 Å². The van der Waals surface area contributed by atoms with Crippen LogP contribution in [-0.2, 0) is 31.9 Å². The third-order valence-corrected chi connectivity index (χ3v) is 7.14. The van der Waals surface area contributed by atoms with Crippen molar-refractivity contribution in [1.82, 2.24) is 0 Å². The lowest BCUT2D eigenvalue weighted by atomic mass is 9.76. The Hall–Kier alpha value is -3.24. The molecule has 2 aromatic rings. The van der Waals surface area contributed by atoms with Crippen LogP contribution in [-0.4, -0.2) is 46.8 Å². The Balaban J connectivity index is 2.39. The first-order valence-corrected chi connectivity index (χ1v) is 14.7. The SMILES string of the molecule is O=C(OCCCCCCCl)C(Cc1ccc([N+](=O)[O-])cc1)(Cc1ccc([N+](=O)[O-])cc1)C(=O)OCCCCCCCl. The minimum Gasteiger partial charge on any atom is -0.465 e. The molecule has 0 fully saturated rings. The van der Waals surface area contributed by atoms with Gasteiger partial charge in [-0.2, -0.15) is 0 Å². The van der Waals surface area contributed by atoms with Crippen LogP contribution in [0.2, 0.25) is 0 Å². The molecular formula is C29H36Cl2N2O8. The molecule has 2 aromatic carbocycles. The number of esters is 2. The maximum Gasteiger partial charge on any atom is 0.324 e. The van der Waals surface area contributed by atoms with E-state index in [-0.39, 0.29) is 37.4 Å². The van der Waals surface area contributed by atoms with Crippen molar-refractivity contribution < 1.29 is 28.9 Å². The highest BCUT2D eigenvalue weighted by Gasteiger charge is 2.49. The van der Waals surface area contributed by atoms with Gasteiger partial charge in [0.2, 0.25) is 0 Å². The van der Waals surface area contributed by atoms with Crippen LogP contribution in [0.15, 0.2) is 48.5 Å². The number of hydrogen-bond acceptors (Lipinski definition) is 8. The summed E-state index contributed by atoms with van der Waals surface area (Å²) in [5, 5.41) is 22.3. The third kappa shape index (κ3) is 11.3. The van der Waals surface area contributed by atoms with Gasteiger partial charge in [0, 0.05) is 36.0 Å². The molecule has 224 valence electrons. The lowest BCUT2D eigenvalue weighted by Crippen LogP contribution is -2.46. The molecule has 0 aliphatic carbocycles. The summed E-state index contributed by atoms with van der Waals surface area (Å²) >= 11 is 11.5. The van der Waals surface area contributed by atoms with E-state index in [1.165, 1.54) is 48.5 Å². The number of nitro groups is 2. The molecule has 0 atom stereocenters. The summed E-state index contributed by atoms with van der Waals surface area (Å²) in [6.07, 6.45) is 5.93. The van der Waals surface area contributed by atoms with Crippen molar-refractivity contribution in [3.8, 4) is 0 Å². The average molecular weight is 612 g/mol. The highest BCUT2D eigenvalue weighted by Crippen LogP contribution is 2.33. The molecule has 0 aliphatic heterocycles. The van der Waals surface area contributed by atoms with Crippen LogP contribution in [0.25, 0.3) is 0 Å². The van der Waals surface area contributed by atoms with Crippen LogP contribution in [0, 0.1) is 25.6 Å². The summed E-state index contributed by atoms with van der Waals surface area (Å²) in [5.74, 6) is -0.465. The number of carbonyl (C=O) groups is 2. The van der Waals surface area contributed by atoms with Gasteiger partial charge in [-0.1, -0.05) is 49.9 Å². The van der Waals surface area contributed by atoms with Crippen molar-refractivity contribution in [2.45, 2.75) is 64.2 Å². The second-order valence-corrected chi connectivity index (χ2v) is 10.5. The maximum absolute atomic E-state index is 13.8. The van der Waals surface area contributed by atoms with Gasteiger partial charge < -0.3 is 9.47 Å². The van der Waals surface area contributed by atoms with E-state index in [0.717, 1.165) is 38.5 Å². The first-order valence-electron chi connectivity index (χ1n) is 13.7. The van der Waals surface area contributed by atoms with Crippen LogP contribution >= 0.6 is 23.2 Å². The van der Waals surface area contributed by atoms with Crippen LogP contribution in [0.3, 0.4) is 0 Å². The monoisotopic (exact) mass is 610 g/mol. The van der Waals surface area contributed by atoms with Gasteiger partial charge in [0.1, 0.15) is 0 Å². The summed E-state index contributed by atoms with van der Waals surface area (Å²) in [4.78, 5) is 48.7. The fourth-order valence-corrected chi connectivity index (χ4v) is 4.69. The van der Waals surface area contributed by atoms with E-state index in [1.54, 1.807) is 0 Å². The summed E-state index contributed by atoms with van der Waals surface area (Å²) in [6, 6.07) is 11.2. The second kappa shape index (κ2) is 18.2. The minimum atomic E-state index is -1.82. The van der Waals surface area contributed by atoms with Crippen LogP contribution in [0.5, 0.6) is 0 Å². The van der Waals surface area contributed by atoms with E-state index in [2.05, 4.69) is 0 Å². The van der Waals surface area contributed by atoms with Crippen molar-refractivity contribution in [3.63, 3.8) is 0 Å². The largest absolute Gasteiger partial charge is 0.465 e. The van der Waals surface area contributed by atoms with Crippen molar-refractivity contribution in [3.05, 3.63) is 79.9 Å². The maximum atomic E-state index is 13.8. The number of ether oxygens (including phenoxy) is 2. The fourth-order valence-electron chi connectivity index (χ4n) is 4.31. The van der Waals surface area contributed by atoms with E-state index in [1.807, 2.05) is 0 Å². The number of rotatable bonds is 20. The third-order valence-electron chi connectivity index (χ3n) is 6.61. The van der Waals surface area contributed by atoms with Crippen LogP contribution < -0.4 is 0 Å². The molecular weight excluding hydrogens is 575 g/mol. The molecule has 0 N–H and O–H groups in total. The molecule has 0 saturated carbocycles. The molecule has 12 heteroatoms. The predicted octanol–water partition coefficient (Wildman–Crippen LogP) is 6.96. The first-order chi connectivity index (χ1) is 19.7. The zero-order valence-electron chi connectivity index (χ0n) is 22.9. The van der Waals surface area contributed by atoms with E-state index >= 15 is 0 Å². The Kier molecular flexibility index (Phi) is 15.1. The minimum absolute atomic E-state index is 0.0924. The number of hydrogen-bond donors (Lipinski definition) is 0. The highest BCUT2D eigenvalue weighted by atomic mass is 35.5. The molecule has 0 aromatic heterocycles. The highest BCUT2D eigenvalue weighted by molar-refractivity contribution is 6.18. The van der Waals surface area contributed by atoms with Crippen LogP contribution in [0.4, 0.5) is 11.4 Å².